The van der Waals surface area contributed by atoms with Crippen LogP contribution >= 0.6 is 0 Å². The van der Waals surface area contributed by atoms with Crippen LogP contribution in [0.3, 0.4) is 0 Å². The highest BCUT2D eigenvalue weighted by molar-refractivity contribution is 5.26. The highest BCUT2D eigenvalue weighted by Gasteiger charge is 2.30. The first-order chi connectivity index (χ1) is 19.2. The van der Waals surface area contributed by atoms with E-state index in [1.807, 2.05) is 0 Å². The maximum absolute atomic E-state index is 7.94. The minimum absolute atomic E-state index is 0. The second-order valence-electron chi connectivity index (χ2n) is 9.62. The normalized spacial score (nSPS) is 24.8. The van der Waals surface area contributed by atoms with Crippen molar-refractivity contribution in [3.63, 3.8) is 0 Å². The van der Waals surface area contributed by atoms with Crippen LogP contribution in [0, 0.1) is 0 Å². The average molecular weight is 473 g/mol. The van der Waals surface area contributed by atoms with Crippen molar-refractivity contribution in [3.05, 3.63) is 22.3 Å². The van der Waals surface area contributed by atoms with E-state index in [0.29, 0.717) is 22.3 Å². The second-order valence-corrected chi connectivity index (χ2v) is 9.62. The van der Waals surface area contributed by atoms with Gasteiger partial charge >= 0.3 is 0 Å². The first-order valence-corrected chi connectivity index (χ1v) is 10.2. The Bertz CT molecular complexity index is 1050. The molecule has 32 heavy (non-hydrogen) atoms. The fourth-order valence-corrected chi connectivity index (χ4v) is 2.64. The van der Waals surface area contributed by atoms with E-state index in [1.54, 1.807) is 83.1 Å². The Morgan fingerprint density at radius 2 is 1.12 bits per heavy atom. The van der Waals surface area contributed by atoms with Crippen LogP contribution in [0.1, 0.15) is 130 Å². The Hall–Kier alpha value is -0.680. The summed E-state index contributed by atoms with van der Waals surface area (Å²) in [5.41, 5.74) is -1.97. The fraction of sp³-hybridized carbons (Fsp3) is 0.857. The van der Waals surface area contributed by atoms with E-state index in [9.17, 15) is 0 Å². The van der Waals surface area contributed by atoms with Crippen molar-refractivity contribution < 1.29 is 38.1 Å². The lowest BCUT2D eigenvalue weighted by atomic mass is 9.87. The Morgan fingerprint density at radius 3 is 1.47 bits per heavy atom. The molecule has 0 rings (SSSR count). The van der Waals surface area contributed by atoms with Gasteiger partial charge in [-0.05, 0) is 126 Å². The summed E-state index contributed by atoms with van der Waals surface area (Å²) < 4.78 is 124. The maximum atomic E-state index is 7.94. The Morgan fingerprint density at radius 1 is 0.750 bits per heavy atom. The number of hydrogen-bond donors (Lipinski definition) is 0. The predicted octanol–water partition coefficient (Wildman–Crippen LogP) is 8.15. The molecule has 0 aromatic carbocycles. The minimum atomic E-state index is -2.61. The van der Waals surface area contributed by atoms with Gasteiger partial charge in [0.05, 0.1) is 40.8 Å². The van der Waals surface area contributed by atoms with Gasteiger partial charge in [-0.2, -0.15) is 0 Å². The van der Waals surface area contributed by atoms with Crippen LogP contribution < -0.4 is 0 Å². The van der Waals surface area contributed by atoms with Crippen LogP contribution in [0.15, 0.2) is 22.3 Å². The summed E-state index contributed by atoms with van der Waals surface area (Å²) in [6.07, 6.45) is -2.09. The molecule has 0 radical (unpaired) electrons. The molecular formula is C28H58O4. The molecule has 4 nitrogen and oxygen atoms in total. The molecule has 0 heterocycles. The molecule has 194 valence electrons. The van der Waals surface area contributed by atoms with E-state index >= 15 is 0 Å². The zero-order chi connectivity index (χ0) is 37.2. The Labute approximate surface area is 221 Å². The van der Waals surface area contributed by atoms with E-state index < -0.39 is 62.8 Å². The third kappa shape index (κ3) is 11.0. The molecule has 0 N–H and O–H groups in total. The molecule has 0 fully saturated rings. The van der Waals surface area contributed by atoms with Gasteiger partial charge in [-0.3, -0.25) is 0 Å². The van der Waals surface area contributed by atoms with Crippen LogP contribution in [-0.2, 0) is 18.9 Å². The summed E-state index contributed by atoms with van der Waals surface area (Å²) in [4.78, 5) is 0. The summed E-state index contributed by atoms with van der Waals surface area (Å²) in [6.45, 7) is 14.1. The van der Waals surface area contributed by atoms with Gasteiger partial charge in [0, 0.05) is 27.5 Å². The molecule has 0 saturated carbocycles. The molecule has 0 aliphatic carbocycles. The second kappa shape index (κ2) is 13.9. The lowest BCUT2D eigenvalue weighted by Crippen LogP contribution is -2.34. The zero-order valence-electron chi connectivity index (χ0n) is 35.7. The molecule has 1 unspecified atom stereocenters. The number of hydrogen-bond acceptors (Lipinski definition) is 4. The number of methoxy groups -OCH3 is 2. The first kappa shape index (κ1) is 16.1. The Balaban J connectivity index is -0.000000788. The first-order valence-electron chi connectivity index (χ1n) is 17.3. The third-order valence-electron chi connectivity index (χ3n) is 5.97. The molecule has 0 aromatic heterocycles. The van der Waals surface area contributed by atoms with E-state index in [-0.39, 0.29) is 7.43 Å². The van der Waals surface area contributed by atoms with Gasteiger partial charge in [0.1, 0.15) is 0 Å². The van der Waals surface area contributed by atoms with Gasteiger partial charge in [0.15, 0.2) is 0 Å². The smallest absolute Gasteiger partial charge is 0.0839 e. The maximum Gasteiger partial charge on any atom is 0.0839 e. The summed E-state index contributed by atoms with van der Waals surface area (Å²) in [5.74, 6) is 0. The van der Waals surface area contributed by atoms with E-state index in [0.717, 1.165) is 0 Å². The van der Waals surface area contributed by atoms with E-state index in [2.05, 4.69) is 0 Å². The lowest BCUT2D eigenvalue weighted by Gasteiger charge is -2.34. The monoisotopic (exact) mass is 473 g/mol. The van der Waals surface area contributed by atoms with E-state index in [4.69, 9.17) is 38.1 Å². The molecule has 0 aliphatic rings. The highest BCUT2D eigenvalue weighted by atomic mass is 16.5. The topological polar surface area (TPSA) is 36.9 Å². The zero-order valence-corrected chi connectivity index (χ0v) is 21.7. The standard InChI is InChI=1S/C14H28O2.C13H26O2.CH4/c1-10(2)16-14(7,8)12(4)11(3)13(5,6)15-9;1-9-15-13(6,7)11(3)10(2)12(4,5)14-8;/h10H,1-9H3;9H2,1-8H3;1H4/b12-11-;11-10-;/i1D3,9D3,10D;1D2,8D3,9D2;. The third-order valence-corrected chi connectivity index (χ3v) is 5.97. The van der Waals surface area contributed by atoms with Crippen molar-refractivity contribution in [3.8, 4) is 0 Å². The summed E-state index contributed by atoms with van der Waals surface area (Å²) >= 11 is 0. The van der Waals surface area contributed by atoms with Crippen molar-refractivity contribution in [2.24, 2.45) is 0 Å². The molecule has 0 bridgehead atoms. The van der Waals surface area contributed by atoms with E-state index in [1.165, 1.54) is 6.92 Å². The summed E-state index contributed by atoms with van der Waals surface area (Å²) in [6, 6.07) is 0. The van der Waals surface area contributed by atoms with Gasteiger partial charge in [-0.25, -0.2) is 0 Å². The number of rotatable bonds is 10. The molecule has 0 saturated heterocycles. The van der Waals surface area contributed by atoms with Crippen molar-refractivity contribution in [2.45, 2.75) is 140 Å². The van der Waals surface area contributed by atoms with Crippen molar-refractivity contribution in [1.29, 1.82) is 0 Å². The Kier molecular flexibility index (Phi) is 6.98. The molecule has 0 spiro atoms. The van der Waals surface area contributed by atoms with Gasteiger partial charge in [0.25, 0.3) is 0 Å². The predicted molar refractivity (Wildman–Crippen MR) is 142 cm³/mol. The summed E-state index contributed by atoms with van der Waals surface area (Å²) in [7, 11) is -5.11. The summed E-state index contributed by atoms with van der Waals surface area (Å²) in [5, 5.41) is 0. The fourth-order valence-electron chi connectivity index (χ4n) is 2.64. The van der Waals surface area contributed by atoms with Crippen molar-refractivity contribution in [2.75, 3.05) is 20.6 Å². The lowest BCUT2D eigenvalue weighted by molar-refractivity contribution is -0.0339. The minimum Gasteiger partial charge on any atom is -0.374 e. The molecule has 0 aromatic rings. The SMILES string of the molecule is C.[2H]C([2H])([2H])OC(C)(C)/C(C)=C(/C)C(C)(C)OC([2H])(C)C([2H])([2H])[2H].[2H]C([2H])C([2H])([2H])OC(C)(C)/C(C)=C(/C)C(C)(C)OC([2H])([2H])[2H]. The molecular weight excluding hydrogens is 400 g/mol. The van der Waals surface area contributed by atoms with Gasteiger partial charge in [0.2, 0.25) is 0 Å². The van der Waals surface area contributed by atoms with Crippen LogP contribution in [0.2, 0.25) is 0 Å². The van der Waals surface area contributed by atoms with Crippen molar-refractivity contribution >= 4 is 0 Å². The van der Waals surface area contributed by atoms with Crippen LogP contribution in [-0.4, -0.2) is 49.1 Å². The number of ether oxygens (including phenoxy) is 4. The molecule has 4 heteroatoms. The molecule has 0 amide bonds. The van der Waals surface area contributed by atoms with Gasteiger partial charge in [-0.1, -0.05) is 7.43 Å². The van der Waals surface area contributed by atoms with Gasteiger partial charge in [-0.15, -0.1) is 0 Å². The van der Waals surface area contributed by atoms with Crippen LogP contribution in [0.5, 0.6) is 0 Å². The molecule has 1 atom stereocenters. The quantitative estimate of drug-likeness (QED) is 0.301. The van der Waals surface area contributed by atoms with Crippen LogP contribution in [0.4, 0.5) is 0 Å². The highest BCUT2D eigenvalue weighted by Crippen LogP contribution is 2.32. The average Bonchev–Trinajstić information content (AvgIpc) is 2.71. The van der Waals surface area contributed by atoms with Crippen LogP contribution in [0.25, 0.3) is 0 Å². The van der Waals surface area contributed by atoms with Crippen molar-refractivity contribution in [1.82, 2.24) is 0 Å². The molecule has 0 aliphatic heterocycles. The largest absolute Gasteiger partial charge is 0.374 e. The van der Waals surface area contributed by atoms with Gasteiger partial charge < -0.3 is 18.9 Å².